The Labute approximate surface area is 323 Å². The van der Waals surface area contributed by atoms with Crippen molar-refractivity contribution in [1.29, 1.82) is 0 Å². The van der Waals surface area contributed by atoms with Crippen LogP contribution < -0.4 is 32.3 Å². The third-order valence-electron chi connectivity index (χ3n) is 8.88. The number of ether oxygens (including phenoxy) is 2. The second kappa shape index (κ2) is 19.7. The second-order valence-corrected chi connectivity index (χ2v) is 13.1. The van der Waals surface area contributed by atoms with Crippen LogP contribution in [0.3, 0.4) is 0 Å². The topological polar surface area (TPSA) is 231 Å². The Bertz CT molecular complexity index is 2090. The first-order valence-electron chi connectivity index (χ1n) is 17.9. The normalized spacial score (nSPS) is 13.1. The maximum Gasteiger partial charge on any atom is 0.431 e. The molecule has 0 unspecified atom stereocenters. The number of para-hydroxylation sites is 1. The predicted molar refractivity (Wildman–Crippen MR) is 207 cm³/mol. The number of rotatable bonds is 17. The van der Waals surface area contributed by atoms with Gasteiger partial charge in [-0.2, -0.15) is 5.01 Å². The van der Waals surface area contributed by atoms with Crippen LogP contribution in [0.25, 0.3) is 10.9 Å². The van der Waals surface area contributed by atoms with Gasteiger partial charge in [-0.3, -0.25) is 19.2 Å². The van der Waals surface area contributed by atoms with Crippen molar-refractivity contribution in [1.82, 2.24) is 25.9 Å². The fourth-order valence-corrected chi connectivity index (χ4v) is 5.75. The number of aromatic nitrogens is 1. The maximum absolute atomic E-state index is 13.7. The molecule has 0 aliphatic rings. The van der Waals surface area contributed by atoms with Gasteiger partial charge >= 0.3 is 6.09 Å². The number of aliphatic hydroxyl groups is 1. The number of hydrogen-bond donors (Lipinski definition) is 7. The molecule has 4 atom stereocenters. The molecule has 1 aromatic heterocycles. The van der Waals surface area contributed by atoms with E-state index in [-0.39, 0.29) is 24.5 Å². The lowest BCUT2D eigenvalue weighted by molar-refractivity contribution is -0.136. The highest BCUT2D eigenvalue weighted by atomic mass is 16.6. The number of H-pyrrole nitrogens is 1. The number of hydrogen-bond acceptors (Lipinski definition) is 10. The van der Waals surface area contributed by atoms with E-state index in [1.165, 1.54) is 6.92 Å². The molecule has 5 aromatic rings. The molecule has 15 heteroatoms. The van der Waals surface area contributed by atoms with E-state index in [0.717, 1.165) is 22.0 Å². The van der Waals surface area contributed by atoms with Crippen LogP contribution in [0.15, 0.2) is 115 Å². The molecule has 1 heterocycles. The van der Waals surface area contributed by atoms with Crippen molar-refractivity contribution in [2.24, 2.45) is 11.6 Å². The molecule has 0 saturated heterocycles. The fraction of sp³-hybridized carbons (Fsp3) is 0.244. The third kappa shape index (κ3) is 11.2. The zero-order valence-electron chi connectivity index (χ0n) is 30.7. The van der Waals surface area contributed by atoms with E-state index in [4.69, 9.17) is 21.1 Å². The summed E-state index contributed by atoms with van der Waals surface area (Å²) in [5, 5.41) is 18.8. The van der Waals surface area contributed by atoms with Gasteiger partial charge in [-0.1, -0.05) is 91.0 Å². The van der Waals surface area contributed by atoms with Gasteiger partial charge in [-0.05, 0) is 53.8 Å². The molecule has 0 bridgehead atoms. The summed E-state index contributed by atoms with van der Waals surface area (Å²) >= 11 is 0. The molecule has 5 rings (SSSR count). The number of nitrogens with one attached hydrogen (secondary N) is 4. The minimum Gasteiger partial charge on any atom is -0.489 e. The zero-order chi connectivity index (χ0) is 40.0. The molecular weight excluding hydrogens is 718 g/mol. The molecule has 0 aliphatic heterocycles. The van der Waals surface area contributed by atoms with Gasteiger partial charge in [0.1, 0.15) is 37.1 Å². The van der Waals surface area contributed by atoms with Crippen LogP contribution in [0.4, 0.5) is 4.79 Å². The Kier molecular flexibility index (Phi) is 14.3. The second-order valence-electron chi connectivity index (χ2n) is 13.1. The summed E-state index contributed by atoms with van der Waals surface area (Å²) in [7, 11) is 0. The summed E-state index contributed by atoms with van der Waals surface area (Å²) in [6.45, 7) is 0.711. The average molecular weight is 764 g/mol. The lowest BCUT2D eigenvalue weighted by atomic mass is 10.0. The highest BCUT2D eigenvalue weighted by molar-refractivity contribution is 5.98. The predicted octanol–water partition coefficient (Wildman–Crippen LogP) is 2.37. The van der Waals surface area contributed by atoms with Crippen LogP contribution in [-0.4, -0.2) is 75.6 Å². The van der Waals surface area contributed by atoms with Gasteiger partial charge < -0.3 is 41.2 Å². The molecule has 0 fully saturated rings. The average Bonchev–Trinajstić information content (AvgIpc) is 3.63. The molecule has 0 spiro atoms. The number of carbonyl (C=O) groups is 5. The Morgan fingerprint density at radius 1 is 0.714 bits per heavy atom. The molecule has 5 amide bonds. The number of imide groups is 1. The smallest absolute Gasteiger partial charge is 0.431 e. The number of benzene rings is 4. The van der Waals surface area contributed by atoms with Crippen molar-refractivity contribution < 1.29 is 38.6 Å². The Morgan fingerprint density at radius 2 is 1.30 bits per heavy atom. The summed E-state index contributed by atoms with van der Waals surface area (Å²) in [5.74, 6) is 2.95. The maximum atomic E-state index is 13.7. The lowest BCUT2D eigenvalue weighted by Gasteiger charge is -2.25. The number of carbonyl (C=O) groups excluding carboxylic acids is 5. The number of aromatic amines is 1. The van der Waals surface area contributed by atoms with E-state index >= 15 is 0 Å². The molecule has 0 saturated carbocycles. The van der Waals surface area contributed by atoms with Gasteiger partial charge in [0.25, 0.3) is 5.91 Å². The summed E-state index contributed by atoms with van der Waals surface area (Å²) in [6, 6.07) is 27.5. The van der Waals surface area contributed by atoms with Gasteiger partial charge in [0, 0.05) is 23.5 Å². The number of amides is 5. The van der Waals surface area contributed by atoms with E-state index in [1.807, 2.05) is 54.6 Å². The number of nitrogens with two attached hydrogens (primary N) is 2. The van der Waals surface area contributed by atoms with E-state index < -0.39 is 60.5 Å². The summed E-state index contributed by atoms with van der Waals surface area (Å²) in [4.78, 5) is 69.0. The molecule has 56 heavy (non-hydrogen) atoms. The van der Waals surface area contributed by atoms with Crippen molar-refractivity contribution in [3.05, 3.63) is 138 Å². The molecule has 292 valence electrons. The molecule has 15 nitrogen and oxygen atoms in total. The van der Waals surface area contributed by atoms with Crippen LogP contribution in [0.5, 0.6) is 5.75 Å². The summed E-state index contributed by atoms with van der Waals surface area (Å²) in [6.07, 6.45) is 0.691. The van der Waals surface area contributed by atoms with Gasteiger partial charge in [-0.15, -0.1) is 0 Å². The third-order valence-corrected chi connectivity index (χ3v) is 8.88. The number of fused-ring (bicyclic) bond motifs is 1. The minimum absolute atomic E-state index is 0.0743. The summed E-state index contributed by atoms with van der Waals surface area (Å²) < 4.78 is 11.0. The monoisotopic (exact) mass is 763 g/mol. The fourth-order valence-electron chi connectivity index (χ4n) is 5.75. The quantitative estimate of drug-likeness (QED) is 0.0415. The van der Waals surface area contributed by atoms with Gasteiger partial charge in [0.05, 0.1) is 12.6 Å². The standard InChI is InChI=1S/C41H45N7O8/c1-26(40(53)48(43)41(54)56-25-29-12-6-3-7-13-29)45-38(51)35(20-27-16-18-31(19-17-27)55-24-28-10-4-2-5-11-28)46-39(52)36(23-49)47-37(50)33(42)21-30-22-44-34-15-9-8-14-32(30)34/h2-19,22,26,33,35-36,44,49H,20-21,23-25,42-43H2,1H3,(H,45,51)(H,46,52)(H,47,50)/t26-,33+,35+,36+/m1/s1. The highest BCUT2D eigenvalue weighted by Gasteiger charge is 2.32. The van der Waals surface area contributed by atoms with Crippen molar-refractivity contribution in [2.75, 3.05) is 6.61 Å². The van der Waals surface area contributed by atoms with Gasteiger partial charge in [0.2, 0.25) is 17.7 Å². The first-order valence-corrected chi connectivity index (χ1v) is 17.9. The first-order chi connectivity index (χ1) is 27.0. The molecule has 4 aromatic carbocycles. The largest absolute Gasteiger partial charge is 0.489 e. The van der Waals surface area contributed by atoms with Gasteiger partial charge in [0.15, 0.2) is 0 Å². The van der Waals surface area contributed by atoms with Crippen molar-refractivity contribution in [2.45, 2.75) is 57.1 Å². The van der Waals surface area contributed by atoms with E-state index in [0.29, 0.717) is 23.5 Å². The zero-order valence-corrected chi connectivity index (χ0v) is 30.7. The molecule has 9 N–H and O–H groups in total. The van der Waals surface area contributed by atoms with Crippen molar-refractivity contribution in [3.8, 4) is 5.75 Å². The first kappa shape index (κ1) is 40.6. The molecule has 0 aliphatic carbocycles. The van der Waals surface area contributed by atoms with Gasteiger partial charge in [-0.25, -0.2) is 10.6 Å². The number of aliphatic hydroxyl groups excluding tert-OH is 1. The van der Waals surface area contributed by atoms with E-state index in [1.54, 1.807) is 60.8 Å². The Hall–Kier alpha value is -6.55. The van der Waals surface area contributed by atoms with Crippen LogP contribution in [0, 0.1) is 0 Å². The SMILES string of the molecule is C[C@@H](NC(=O)[C@H](Cc1ccc(OCc2ccccc2)cc1)NC(=O)[C@H](CO)NC(=O)[C@@H](N)Cc1c[nH]c2ccccc12)C(=O)N(N)C(=O)OCc1ccccc1. The van der Waals surface area contributed by atoms with Crippen LogP contribution in [0.1, 0.15) is 29.2 Å². The summed E-state index contributed by atoms with van der Waals surface area (Å²) in [5.41, 5.74) is 10.1. The van der Waals surface area contributed by atoms with Crippen LogP contribution >= 0.6 is 0 Å². The van der Waals surface area contributed by atoms with Crippen LogP contribution in [0.2, 0.25) is 0 Å². The highest BCUT2D eigenvalue weighted by Crippen LogP contribution is 2.19. The van der Waals surface area contributed by atoms with E-state index in [2.05, 4.69) is 20.9 Å². The van der Waals surface area contributed by atoms with Crippen molar-refractivity contribution in [3.63, 3.8) is 0 Å². The Balaban J connectivity index is 1.24. The molecular formula is C41H45N7O8. The molecule has 0 radical (unpaired) electrons. The minimum atomic E-state index is -1.47. The Morgan fingerprint density at radius 3 is 1.96 bits per heavy atom. The number of hydrazine groups is 1. The lowest BCUT2D eigenvalue weighted by Crippen LogP contribution is -2.59. The number of nitrogens with zero attached hydrogens (tertiary/aromatic N) is 1. The van der Waals surface area contributed by atoms with E-state index in [9.17, 15) is 29.1 Å². The van der Waals surface area contributed by atoms with Crippen molar-refractivity contribution >= 4 is 40.6 Å². The van der Waals surface area contributed by atoms with Crippen LogP contribution in [-0.2, 0) is 50.0 Å².